The highest BCUT2D eigenvalue weighted by atomic mass is 19.1. The molecule has 0 saturated carbocycles. The second-order valence-corrected chi connectivity index (χ2v) is 7.45. The van der Waals surface area contributed by atoms with Crippen molar-refractivity contribution in [3.8, 4) is 0 Å². The number of Topliss-reactive ketones (excluding diaryl/α,β-unsaturated/α-hetero) is 1. The summed E-state index contributed by atoms with van der Waals surface area (Å²) < 4.78 is 14.1. The van der Waals surface area contributed by atoms with Crippen LogP contribution in [0.1, 0.15) is 33.1 Å². The summed E-state index contributed by atoms with van der Waals surface area (Å²) in [5.41, 5.74) is 1.39. The number of amides is 1. The molecule has 1 aliphatic heterocycles. The van der Waals surface area contributed by atoms with Crippen LogP contribution >= 0.6 is 0 Å². The molecule has 160 valence electrons. The van der Waals surface area contributed by atoms with Crippen molar-refractivity contribution in [1.29, 1.82) is 0 Å². The Morgan fingerprint density at radius 3 is 2.25 bits per heavy atom. The number of aryl methyl sites for hydroxylation is 1. The molecule has 7 heteroatoms. The third-order valence-electron chi connectivity index (χ3n) is 5.31. The van der Waals surface area contributed by atoms with Crippen molar-refractivity contribution in [3.05, 3.63) is 106 Å². The van der Waals surface area contributed by atoms with Crippen LogP contribution in [0.4, 0.5) is 10.1 Å². The van der Waals surface area contributed by atoms with Crippen LogP contribution in [0.25, 0.3) is 5.76 Å². The fourth-order valence-electron chi connectivity index (χ4n) is 3.75. The number of nitrogens with zero attached hydrogens (tertiary/aromatic N) is 1. The van der Waals surface area contributed by atoms with Gasteiger partial charge in [-0.1, -0.05) is 48.0 Å². The molecule has 6 nitrogen and oxygen atoms in total. The highest BCUT2D eigenvalue weighted by Crippen LogP contribution is 2.42. The van der Waals surface area contributed by atoms with Gasteiger partial charge < -0.3 is 10.2 Å². The van der Waals surface area contributed by atoms with Gasteiger partial charge in [-0.3, -0.25) is 14.5 Å². The van der Waals surface area contributed by atoms with Crippen molar-refractivity contribution >= 4 is 29.1 Å². The number of aromatic carboxylic acids is 1. The Balaban J connectivity index is 1.96. The second kappa shape index (κ2) is 8.11. The van der Waals surface area contributed by atoms with Gasteiger partial charge in [-0.25, -0.2) is 9.18 Å². The number of hydrogen-bond donors (Lipinski definition) is 2. The molecule has 0 aliphatic carbocycles. The van der Waals surface area contributed by atoms with Crippen molar-refractivity contribution in [2.75, 3.05) is 4.90 Å². The molecule has 4 rings (SSSR count). The zero-order valence-electron chi connectivity index (χ0n) is 16.9. The fourth-order valence-corrected chi connectivity index (χ4v) is 3.75. The van der Waals surface area contributed by atoms with E-state index >= 15 is 0 Å². The van der Waals surface area contributed by atoms with E-state index in [-0.39, 0.29) is 22.4 Å². The summed E-state index contributed by atoms with van der Waals surface area (Å²) in [5, 5.41) is 20.3. The maximum Gasteiger partial charge on any atom is 0.335 e. The van der Waals surface area contributed by atoms with Crippen LogP contribution in [0.3, 0.4) is 0 Å². The third kappa shape index (κ3) is 3.65. The first-order valence-corrected chi connectivity index (χ1v) is 9.75. The number of halogens is 1. The Bertz CT molecular complexity index is 1280. The summed E-state index contributed by atoms with van der Waals surface area (Å²) in [5.74, 6) is -4.07. The Hall–Kier alpha value is -4.26. The molecule has 0 unspecified atom stereocenters. The number of benzene rings is 3. The first kappa shape index (κ1) is 21.0. The van der Waals surface area contributed by atoms with Gasteiger partial charge >= 0.3 is 5.97 Å². The van der Waals surface area contributed by atoms with Crippen molar-refractivity contribution in [2.24, 2.45) is 0 Å². The van der Waals surface area contributed by atoms with Gasteiger partial charge in [0, 0.05) is 11.3 Å². The average Bonchev–Trinajstić information content (AvgIpc) is 3.04. The number of carbonyl (C=O) groups is 3. The molecule has 1 saturated heterocycles. The molecule has 3 aromatic carbocycles. The Morgan fingerprint density at radius 2 is 1.59 bits per heavy atom. The smallest absolute Gasteiger partial charge is 0.335 e. The summed E-state index contributed by atoms with van der Waals surface area (Å²) in [4.78, 5) is 38.6. The van der Waals surface area contributed by atoms with E-state index in [1.807, 2.05) is 6.92 Å². The van der Waals surface area contributed by atoms with Gasteiger partial charge in [0.2, 0.25) is 0 Å². The van der Waals surface area contributed by atoms with Gasteiger partial charge in [0.25, 0.3) is 11.7 Å². The number of hydrogen-bond acceptors (Lipinski definition) is 4. The lowest BCUT2D eigenvalue weighted by Crippen LogP contribution is -2.29. The van der Waals surface area contributed by atoms with Gasteiger partial charge in [0.05, 0.1) is 17.2 Å². The molecule has 1 atom stereocenters. The lowest BCUT2D eigenvalue weighted by Gasteiger charge is -2.25. The maximum atomic E-state index is 14.1. The maximum absolute atomic E-state index is 14.1. The quantitative estimate of drug-likeness (QED) is 0.361. The van der Waals surface area contributed by atoms with E-state index in [0.29, 0.717) is 5.56 Å². The first-order valence-electron chi connectivity index (χ1n) is 9.75. The van der Waals surface area contributed by atoms with Gasteiger partial charge in [0.15, 0.2) is 0 Å². The topological polar surface area (TPSA) is 94.9 Å². The first-order chi connectivity index (χ1) is 15.3. The second-order valence-electron chi connectivity index (χ2n) is 7.45. The number of carbonyl (C=O) groups excluding carboxylic acids is 2. The lowest BCUT2D eigenvalue weighted by atomic mass is 9.94. The molecular weight excluding hydrogens is 413 g/mol. The largest absolute Gasteiger partial charge is 0.507 e. The number of carboxylic acid groups (broad SMARTS) is 1. The van der Waals surface area contributed by atoms with Crippen molar-refractivity contribution in [3.63, 3.8) is 0 Å². The molecular formula is C25H18FNO5. The number of aliphatic hydroxyl groups is 1. The number of rotatable bonds is 4. The van der Waals surface area contributed by atoms with E-state index in [0.717, 1.165) is 10.5 Å². The summed E-state index contributed by atoms with van der Waals surface area (Å²) in [6.07, 6.45) is 0. The molecule has 32 heavy (non-hydrogen) atoms. The Labute approximate surface area is 182 Å². The monoisotopic (exact) mass is 431 g/mol. The molecule has 1 amide bonds. The highest BCUT2D eigenvalue weighted by Gasteiger charge is 2.47. The van der Waals surface area contributed by atoms with Crippen LogP contribution in [0.2, 0.25) is 0 Å². The summed E-state index contributed by atoms with van der Waals surface area (Å²) in [6, 6.07) is 16.5. The molecule has 1 heterocycles. The minimum Gasteiger partial charge on any atom is -0.507 e. The zero-order chi connectivity index (χ0) is 23.0. The van der Waals surface area contributed by atoms with Gasteiger partial charge in [-0.15, -0.1) is 0 Å². The molecule has 1 fully saturated rings. The van der Waals surface area contributed by atoms with Crippen LogP contribution in [-0.2, 0) is 9.59 Å². The van der Waals surface area contributed by atoms with E-state index in [9.17, 15) is 29.0 Å². The number of ketones is 1. The molecule has 0 bridgehead atoms. The van der Waals surface area contributed by atoms with E-state index < -0.39 is 35.3 Å². The number of anilines is 1. The van der Waals surface area contributed by atoms with Crippen LogP contribution in [0.5, 0.6) is 0 Å². The van der Waals surface area contributed by atoms with E-state index in [1.54, 1.807) is 24.3 Å². The van der Waals surface area contributed by atoms with Crippen LogP contribution in [0.15, 0.2) is 78.4 Å². The van der Waals surface area contributed by atoms with Gasteiger partial charge in [-0.05, 0) is 42.8 Å². The van der Waals surface area contributed by atoms with Crippen molar-refractivity contribution in [2.45, 2.75) is 13.0 Å². The minimum atomic E-state index is -1.20. The minimum absolute atomic E-state index is 0.0825. The molecule has 3 aromatic rings. The Kier molecular flexibility index (Phi) is 5.32. The van der Waals surface area contributed by atoms with Crippen molar-refractivity contribution < 1.29 is 29.0 Å². The van der Waals surface area contributed by atoms with Crippen LogP contribution < -0.4 is 4.90 Å². The molecule has 0 aromatic heterocycles. The number of carboxylic acids is 1. The standard InChI is InChI=1S/C25H18FNO5/c1-14-8-10-15(11-9-14)22(28)20-21(16-4-2-6-18(26)12-16)27(24(30)23(20)29)19-7-3-5-17(13-19)25(31)32/h2-13,21,28H,1H3,(H,31,32)/t21-/m0/s1. The van der Waals surface area contributed by atoms with Gasteiger partial charge in [0.1, 0.15) is 11.6 Å². The normalized spacial score (nSPS) is 17.6. The molecule has 0 spiro atoms. The molecule has 2 N–H and O–H groups in total. The zero-order valence-corrected chi connectivity index (χ0v) is 16.9. The van der Waals surface area contributed by atoms with E-state index in [4.69, 9.17) is 0 Å². The lowest BCUT2D eigenvalue weighted by molar-refractivity contribution is -0.132. The fraction of sp³-hybridized carbons (Fsp3) is 0.0800. The number of aliphatic hydroxyl groups excluding tert-OH is 1. The van der Waals surface area contributed by atoms with Crippen LogP contribution in [-0.4, -0.2) is 27.9 Å². The summed E-state index contributed by atoms with van der Waals surface area (Å²) in [6.45, 7) is 1.87. The summed E-state index contributed by atoms with van der Waals surface area (Å²) in [7, 11) is 0. The van der Waals surface area contributed by atoms with E-state index in [2.05, 4.69) is 0 Å². The SMILES string of the molecule is Cc1ccc(C(O)=C2C(=O)C(=O)N(c3cccc(C(=O)O)c3)[C@H]2c2cccc(F)c2)cc1. The molecule has 0 radical (unpaired) electrons. The molecule has 1 aliphatic rings. The average molecular weight is 431 g/mol. The van der Waals surface area contributed by atoms with Crippen molar-refractivity contribution in [1.82, 2.24) is 0 Å². The Morgan fingerprint density at radius 1 is 0.906 bits per heavy atom. The summed E-state index contributed by atoms with van der Waals surface area (Å²) >= 11 is 0. The van der Waals surface area contributed by atoms with Crippen LogP contribution in [0, 0.1) is 12.7 Å². The predicted octanol–water partition coefficient (Wildman–Crippen LogP) is 4.46. The highest BCUT2D eigenvalue weighted by molar-refractivity contribution is 6.51. The predicted molar refractivity (Wildman–Crippen MR) is 116 cm³/mol. The third-order valence-corrected chi connectivity index (χ3v) is 5.31. The van der Waals surface area contributed by atoms with E-state index in [1.165, 1.54) is 48.5 Å². The van der Waals surface area contributed by atoms with Gasteiger partial charge in [-0.2, -0.15) is 0 Å².